The third-order valence-electron chi connectivity index (χ3n) is 2.03. The number of nitrogens with one attached hydrogen (secondary N) is 2. The number of carbonyl (C=O) groups excluding carboxylic acids is 1. The maximum atomic E-state index is 11.7. The molecule has 1 rings (SSSR count). The van der Waals surface area contributed by atoms with Crippen LogP contribution in [-0.2, 0) is 0 Å². The molecule has 0 aromatic carbocycles. The predicted octanol–water partition coefficient (Wildman–Crippen LogP) is -0.158. The van der Waals surface area contributed by atoms with Crippen LogP contribution in [0, 0.1) is 0 Å². The van der Waals surface area contributed by atoms with Gasteiger partial charge in [0, 0.05) is 30.5 Å². The van der Waals surface area contributed by atoms with Crippen LogP contribution in [0.3, 0.4) is 0 Å². The summed E-state index contributed by atoms with van der Waals surface area (Å²) < 4.78 is 0. The number of pyridine rings is 1. The standard InChI is InChI=1S/C10H15N3O2/c1-10(2,6-11)13-9(15)7-5-12-4-3-8(7)14/h3-5H,6,11H2,1-2H3,(H,12,14)(H,13,15). The van der Waals surface area contributed by atoms with E-state index in [1.54, 1.807) is 13.8 Å². The van der Waals surface area contributed by atoms with Gasteiger partial charge in [-0.25, -0.2) is 0 Å². The van der Waals surface area contributed by atoms with Gasteiger partial charge in [-0.2, -0.15) is 0 Å². The quantitative estimate of drug-likeness (QED) is 0.646. The second-order valence-electron chi connectivity index (χ2n) is 3.96. The highest BCUT2D eigenvalue weighted by Crippen LogP contribution is 2.00. The number of hydrogen-bond acceptors (Lipinski definition) is 3. The summed E-state index contributed by atoms with van der Waals surface area (Å²) in [6.07, 6.45) is 2.86. The summed E-state index contributed by atoms with van der Waals surface area (Å²) in [5.41, 5.74) is 4.75. The largest absolute Gasteiger partial charge is 0.367 e. The highest BCUT2D eigenvalue weighted by Gasteiger charge is 2.20. The SMILES string of the molecule is CC(C)(CN)NC(=O)c1c[nH]ccc1=O. The summed E-state index contributed by atoms with van der Waals surface area (Å²) in [7, 11) is 0. The smallest absolute Gasteiger partial charge is 0.257 e. The van der Waals surface area contributed by atoms with Gasteiger partial charge < -0.3 is 16.0 Å². The third-order valence-corrected chi connectivity index (χ3v) is 2.03. The van der Waals surface area contributed by atoms with E-state index < -0.39 is 11.4 Å². The molecule has 0 bridgehead atoms. The molecule has 5 nitrogen and oxygen atoms in total. The number of carbonyl (C=O) groups is 1. The number of rotatable bonds is 3. The van der Waals surface area contributed by atoms with Gasteiger partial charge in [0.25, 0.3) is 5.91 Å². The molecule has 0 atom stereocenters. The van der Waals surface area contributed by atoms with Crippen LogP contribution in [0.25, 0.3) is 0 Å². The Bertz CT molecular complexity index is 409. The molecule has 4 N–H and O–H groups in total. The van der Waals surface area contributed by atoms with Crippen molar-refractivity contribution < 1.29 is 4.79 Å². The van der Waals surface area contributed by atoms with Crippen LogP contribution in [0.4, 0.5) is 0 Å². The Morgan fingerprint density at radius 3 is 2.80 bits per heavy atom. The van der Waals surface area contributed by atoms with Gasteiger partial charge in [-0.05, 0) is 13.8 Å². The van der Waals surface area contributed by atoms with Gasteiger partial charge in [0.1, 0.15) is 5.56 Å². The Hall–Kier alpha value is -1.62. The van der Waals surface area contributed by atoms with Crippen molar-refractivity contribution in [1.29, 1.82) is 0 Å². The molecule has 0 radical (unpaired) electrons. The number of aromatic nitrogens is 1. The summed E-state index contributed by atoms with van der Waals surface area (Å²) in [5, 5.41) is 2.68. The summed E-state index contributed by atoms with van der Waals surface area (Å²) in [4.78, 5) is 25.7. The van der Waals surface area contributed by atoms with Crippen LogP contribution in [0.2, 0.25) is 0 Å². The molecule has 0 unspecified atom stereocenters. The van der Waals surface area contributed by atoms with Crippen molar-refractivity contribution in [2.45, 2.75) is 19.4 Å². The first-order valence-electron chi connectivity index (χ1n) is 4.66. The van der Waals surface area contributed by atoms with Crippen molar-refractivity contribution in [3.8, 4) is 0 Å². The van der Waals surface area contributed by atoms with Gasteiger partial charge in [0.05, 0.1) is 0 Å². The minimum absolute atomic E-state index is 0.0963. The van der Waals surface area contributed by atoms with E-state index in [1.165, 1.54) is 18.5 Å². The number of amides is 1. The van der Waals surface area contributed by atoms with Crippen LogP contribution in [0.5, 0.6) is 0 Å². The molecule has 0 saturated carbocycles. The molecule has 1 amide bonds. The normalized spacial score (nSPS) is 11.1. The zero-order valence-corrected chi connectivity index (χ0v) is 8.83. The first-order chi connectivity index (χ1) is 6.96. The second-order valence-corrected chi connectivity index (χ2v) is 3.96. The monoisotopic (exact) mass is 209 g/mol. The molecule has 1 aromatic heterocycles. The molecule has 0 aliphatic carbocycles. The molecular formula is C10H15N3O2. The lowest BCUT2D eigenvalue weighted by atomic mass is 10.1. The molecule has 82 valence electrons. The van der Waals surface area contributed by atoms with Crippen molar-refractivity contribution in [2.75, 3.05) is 6.54 Å². The fourth-order valence-electron chi connectivity index (χ4n) is 1.02. The van der Waals surface area contributed by atoms with Crippen molar-refractivity contribution >= 4 is 5.91 Å². The number of hydrogen-bond donors (Lipinski definition) is 3. The Morgan fingerprint density at radius 2 is 2.27 bits per heavy atom. The highest BCUT2D eigenvalue weighted by atomic mass is 16.2. The summed E-state index contributed by atoms with van der Waals surface area (Å²) >= 11 is 0. The minimum atomic E-state index is -0.515. The fraction of sp³-hybridized carbons (Fsp3) is 0.400. The first-order valence-corrected chi connectivity index (χ1v) is 4.66. The lowest BCUT2D eigenvalue weighted by Gasteiger charge is -2.23. The Balaban J connectivity index is 2.88. The van der Waals surface area contributed by atoms with E-state index in [1.807, 2.05) is 0 Å². The molecule has 0 aliphatic heterocycles. The third kappa shape index (κ3) is 2.92. The van der Waals surface area contributed by atoms with Crippen molar-refractivity contribution in [2.24, 2.45) is 5.73 Å². The van der Waals surface area contributed by atoms with Crippen LogP contribution >= 0.6 is 0 Å². The van der Waals surface area contributed by atoms with E-state index >= 15 is 0 Å². The van der Waals surface area contributed by atoms with Gasteiger partial charge in [0.2, 0.25) is 0 Å². The van der Waals surface area contributed by atoms with E-state index in [2.05, 4.69) is 10.3 Å². The average Bonchev–Trinajstić information content (AvgIpc) is 2.17. The van der Waals surface area contributed by atoms with Crippen molar-refractivity contribution in [1.82, 2.24) is 10.3 Å². The summed E-state index contributed by atoms with van der Waals surface area (Å²) in [6, 6.07) is 1.31. The lowest BCUT2D eigenvalue weighted by Crippen LogP contribution is -2.49. The molecule has 1 heterocycles. The number of aromatic amines is 1. The molecule has 15 heavy (non-hydrogen) atoms. The maximum Gasteiger partial charge on any atom is 0.257 e. The van der Waals surface area contributed by atoms with E-state index in [9.17, 15) is 9.59 Å². The number of H-pyrrole nitrogens is 1. The van der Waals surface area contributed by atoms with Crippen molar-refractivity contribution in [3.05, 3.63) is 34.2 Å². The topological polar surface area (TPSA) is 88.0 Å². The van der Waals surface area contributed by atoms with E-state index in [-0.39, 0.29) is 11.0 Å². The molecule has 0 aliphatic rings. The zero-order valence-electron chi connectivity index (χ0n) is 8.83. The minimum Gasteiger partial charge on any atom is -0.367 e. The Kier molecular flexibility index (Phi) is 3.26. The van der Waals surface area contributed by atoms with Gasteiger partial charge in [-0.15, -0.1) is 0 Å². The van der Waals surface area contributed by atoms with Crippen molar-refractivity contribution in [3.63, 3.8) is 0 Å². The van der Waals surface area contributed by atoms with Crippen LogP contribution in [0.15, 0.2) is 23.3 Å². The molecule has 0 saturated heterocycles. The van der Waals surface area contributed by atoms with Crippen LogP contribution < -0.4 is 16.5 Å². The van der Waals surface area contributed by atoms with E-state index in [0.717, 1.165) is 0 Å². The summed E-state index contributed by atoms with van der Waals surface area (Å²) in [6.45, 7) is 3.90. The lowest BCUT2D eigenvalue weighted by molar-refractivity contribution is 0.0914. The van der Waals surface area contributed by atoms with Gasteiger partial charge >= 0.3 is 0 Å². The molecule has 1 aromatic rings. The van der Waals surface area contributed by atoms with Gasteiger partial charge in [-0.3, -0.25) is 9.59 Å². The first kappa shape index (κ1) is 11.5. The Labute approximate surface area is 87.7 Å². The van der Waals surface area contributed by atoms with Gasteiger partial charge in [0.15, 0.2) is 5.43 Å². The predicted molar refractivity (Wildman–Crippen MR) is 57.7 cm³/mol. The second kappa shape index (κ2) is 4.27. The molecule has 5 heteroatoms. The Morgan fingerprint density at radius 1 is 1.60 bits per heavy atom. The van der Waals surface area contributed by atoms with Crippen LogP contribution in [-0.4, -0.2) is 23.0 Å². The van der Waals surface area contributed by atoms with Gasteiger partial charge in [-0.1, -0.05) is 0 Å². The average molecular weight is 209 g/mol. The molecule has 0 spiro atoms. The summed E-state index contributed by atoms with van der Waals surface area (Å²) in [5.74, 6) is -0.410. The highest BCUT2D eigenvalue weighted by molar-refractivity contribution is 5.94. The van der Waals surface area contributed by atoms with Crippen LogP contribution in [0.1, 0.15) is 24.2 Å². The van der Waals surface area contributed by atoms with E-state index in [0.29, 0.717) is 6.54 Å². The van der Waals surface area contributed by atoms with E-state index in [4.69, 9.17) is 5.73 Å². The number of nitrogens with two attached hydrogens (primary N) is 1. The zero-order chi connectivity index (χ0) is 11.5. The fourth-order valence-corrected chi connectivity index (χ4v) is 1.02. The maximum absolute atomic E-state index is 11.7. The molecular weight excluding hydrogens is 194 g/mol. The molecule has 0 fully saturated rings.